The van der Waals surface area contributed by atoms with E-state index in [-0.39, 0.29) is 23.5 Å². The minimum Gasteiger partial charge on any atom is -0.390 e. The second-order valence-corrected chi connectivity index (χ2v) is 7.82. The fraction of sp³-hybridized carbons (Fsp3) is 0.600. The Morgan fingerprint density at radius 3 is 2.32 bits per heavy atom. The summed E-state index contributed by atoms with van der Waals surface area (Å²) >= 11 is 0. The lowest BCUT2D eigenvalue weighted by molar-refractivity contribution is -0.125. The highest BCUT2D eigenvalue weighted by atomic mass is 16.3. The number of carbonyl (C=O) groups is 2. The van der Waals surface area contributed by atoms with Crippen molar-refractivity contribution in [1.29, 1.82) is 0 Å². The van der Waals surface area contributed by atoms with Crippen molar-refractivity contribution in [2.24, 2.45) is 23.5 Å². The molecule has 5 heteroatoms. The first-order valence-electron chi connectivity index (χ1n) is 9.06. The summed E-state index contributed by atoms with van der Waals surface area (Å²) in [6, 6.07) is 8.37. The van der Waals surface area contributed by atoms with E-state index in [4.69, 9.17) is 5.73 Å². The predicted octanol–water partition coefficient (Wildman–Crippen LogP) is 1.84. The number of nitrogens with one attached hydrogen (secondary N) is 1. The highest BCUT2D eigenvalue weighted by molar-refractivity contribution is 6.05. The molecule has 1 amide bonds. The Kier molecular flexibility index (Phi) is 6.36. The number of aliphatic hydroxyl groups is 1. The third-order valence-corrected chi connectivity index (χ3v) is 4.87. The predicted molar refractivity (Wildman–Crippen MR) is 97.9 cm³/mol. The largest absolute Gasteiger partial charge is 0.390 e. The smallest absolute Gasteiger partial charge is 0.237 e. The quantitative estimate of drug-likeness (QED) is 0.670. The second-order valence-electron chi connectivity index (χ2n) is 7.82. The van der Waals surface area contributed by atoms with E-state index in [2.05, 4.69) is 5.32 Å². The lowest BCUT2D eigenvalue weighted by Crippen LogP contribution is -2.53. The molecule has 2 unspecified atom stereocenters. The van der Waals surface area contributed by atoms with Crippen molar-refractivity contribution in [2.45, 2.75) is 58.2 Å². The van der Waals surface area contributed by atoms with Gasteiger partial charge in [0, 0.05) is 0 Å². The molecule has 1 saturated carbocycles. The zero-order valence-corrected chi connectivity index (χ0v) is 15.5. The molecule has 0 aliphatic heterocycles. The number of nitrogens with two attached hydrogens (primary N) is 1. The Morgan fingerprint density at radius 1 is 1.20 bits per heavy atom. The number of amides is 1. The van der Waals surface area contributed by atoms with Gasteiger partial charge >= 0.3 is 0 Å². The third-order valence-electron chi connectivity index (χ3n) is 4.87. The molecule has 1 aromatic rings. The maximum Gasteiger partial charge on any atom is 0.237 e. The molecule has 0 bridgehead atoms. The van der Waals surface area contributed by atoms with E-state index in [0.717, 1.165) is 5.56 Å². The first kappa shape index (κ1) is 19.6. The minimum absolute atomic E-state index is 0.00461. The third kappa shape index (κ3) is 4.67. The van der Waals surface area contributed by atoms with Crippen LogP contribution in [0.3, 0.4) is 0 Å². The number of benzene rings is 1. The molecule has 2 rings (SSSR count). The number of Topliss-reactive ketones (excluding diaryl/α,β-unsaturated/α-hetero) is 1. The average Bonchev–Trinajstić information content (AvgIpc) is 3.22. The molecule has 1 aromatic carbocycles. The van der Waals surface area contributed by atoms with Gasteiger partial charge in [-0.2, -0.15) is 0 Å². The Labute approximate surface area is 150 Å². The van der Waals surface area contributed by atoms with Crippen LogP contribution in [0, 0.1) is 17.8 Å². The van der Waals surface area contributed by atoms with Gasteiger partial charge in [-0.05, 0) is 23.8 Å². The van der Waals surface area contributed by atoms with Crippen molar-refractivity contribution < 1.29 is 14.7 Å². The van der Waals surface area contributed by atoms with Gasteiger partial charge in [-0.25, -0.2) is 0 Å². The number of hydrogen-bond acceptors (Lipinski definition) is 4. The second kappa shape index (κ2) is 8.11. The van der Waals surface area contributed by atoms with Gasteiger partial charge in [0.05, 0.1) is 30.0 Å². The number of rotatable bonds is 8. The number of carbonyl (C=O) groups excluding carboxylic acids is 2. The summed E-state index contributed by atoms with van der Waals surface area (Å²) in [4.78, 5) is 24.6. The summed E-state index contributed by atoms with van der Waals surface area (Å²) in [7, 11) is 0. The van der Waals surface area contributed by atoms with Gasteiger partial charge < -0.3 is 16.2 Å². The molecule has 138 valence electrons. The van der Waals surface area contributed by atoms with Gasteiger partial charge in [0.15, 0.2) is 0 Å². The molecule has 0 saturated heterocycles. The normalized spacial score (nSPS) is 23.4. The first-order valence-corrected chi connectivity index (χ1v) is 9.06. The van der Waals surface area contributed by atoms with Crippen LogP contribution in [0.4, 0.5) is 0 Å². The molecule has 1 aliphatic rings. The van der Waals surface area contributed by atoms with E-state index < -0.39 is 24.1 Å². The van der Waals surface area contributed by atoms with Crippen molar-refractivity contribution >= 4 is 11.7 Å². The zero-order valence-electron chi connectivity index (χ0n) is 15.5. The van der Waals surface area contributed by atoms with E-state index in [0.29, 0.717) is 12.3 Å². The Balaban J connectivity index is 2.05. The van der Waals surface area contributed by atoms with Gasteiger partial charge in [-0.3, -0.25) is 9.59 Å². The molecule has 5 atom stereocenters. The van der Waals surface area contributed by atoms with Crippen LogP contribution in [0.2, 0.25) is 0 Å². The average molecular weight is 346 g/mol. The van der Waals surface area contributed by atoms with Gasteiger partial charge in [0.25, 0.3) is 0 Å². The van der Waals surface area contributed by atoms with Gasteiger partial charge in [0.1, 0.15) is 5.78 Å². The molecule has 1 fully saturated rings. The van der Waals surface area contributed by atoms with Gasteiger partial charge in [-0.15, -0.1) is 0 Å². The number of aliphatic hydroxyl groups excluding tert-OH is 1. The van der Waals surface area contributed by atoms with Crippen LogP contribution in [-0.4, -0.2) is 35.0 Å². The van der Waals surface area contributed by atoms with Crippen LogP contribution in [0.1, 0.15) is 45.6 Å². The van der Waals surface area contributed by atoms with Crippen LogP contribution >= 0.6 is 0 Å². The Bertz CT molecular complexity index is 600. The fourth-order valence-electron chi connectivity index (χ4n) is 3.41. The van der Waals surface area contributed by atoms with Crippen molar-refractivity contribution in [2.75, 3.05) is 0 Å². The summed E-state index contributed by atoms with van der Waals surface area (Å²) in [6.45, 7) is 7.86. The molecule has 25 heavy (non-hydrogen) atoms. The molecule has 0 heterocycles. The molecule has 1 aliphatic carbocycles. The number of ketones is 1. The van der Waals surface area contributed by atoms with Crippen molar-refractivity contribution in [3.05, 3.63) is 35.9 Å². The van der Waals surface area contributed by atoms with Gasteiger partial charge in [-0.1, -0.05) is 58.0 Å². The lowest BCUT2D eigenvalue weighted by Gasteiger charge is -2.29. The van der Waals surface area contributed by atoms with E-state index >= 15 is 0 Å². The molecule has 5 nitrogen and oxygen atoms in total. The minimum atomic E-state index is -0.909. The summed E-state index contributed by atoms with van der Waals surface area (Å²) in [5.74, 6) is -0.665. The SMILES string of the molecule is CC(C)C[C@H](N)C(=O)N[C@@H](C(C)C)[C@H](O)C1C(=O)C1c1ccccc1. The van der Waals surface area contributed by atoms with Gasteiger partial charge in [0.2, 0.25) is 5.91 Å². The Morgan fingerprint density at radius 2 is 1.80 bits per heavy atom. The highest BCUT2D eigenvalue weighted by Gasteiger charge is 2.56. The lowest BCUT2D eigenvalue weighted by atomic mass is 9.92. The van der Waals surface area contributed by atoms with Crippen molar-refractivity contribution in [3.8, 4) is 0 Å². The maximum atomic E-state index is 12.3. The van der Waals surface area contributed by atoms with Crippen molar-refractivity contribution in [1.82, 2.24) is 5.32 Å². The summed E-state index contributed by atoms with van der Waals surface area (Å²) in [6.07, 6.45) is -0.324. The topological polar surface area (TPSA) is 92.4 Å². The van der Waals surface area contributed by atoms with E-state index in [1.54, 1.807) is 0 Å². The monoisotopic (exact) mass is 346 g/mol. The first-order chi connectivity index (χ1) is 11.7. The van der Waals surface area contributed by atoms with E-state index in [9.17, 15) is 14.7 Å². The van der Waals surface area contributed by atoms with Crippen LogP contribution in [0.15, 0.2) is 30.3 Å². The Hall–Kier alpha value is -1.72. The van der Waals surface area contributed by atoms with Crippen LogP contribution in [-0.2, 0) is 9.59 Å². The molecule has 4 N–H and O–H groups in total. The standard InChI is InChI=1S/C20H30N2O3/c1-11(2)10-14(21)20(25)22-17(12(3)4)19(24)16-15(18(16)23)13-8-6-5-7-9-13/h5-9,11-12,14-17,19,24H,10,21H2,1-4H3,(H,22,25)/t14-,15?,16?,17-,19+/m0/s1. The molecular weight excluding hydrogens is 316 g/mol. The van der Waals surface area contributed by atoms with E-state index in [1.165, 1.54) is 0 Å². The summed E-state index contributed by atoms with van der Waals surface area (Å²) in [5.41, 5.74) is 6.86. The zero-order chi connectivity index (χ0) is 18.7. The maximum absolute atomic E-state index is 12.3. The van der Waals surface area contributed by atoms with Crippen LogP contribution in [0.25, 0.3) is 0 Å². The molecule has 0 aromatic heterocycles. The summed E-state index contributed by atoms with van der Waals surface area (Å²) < 4.78 is 0. The fourth-order valence-corrected chi connectivity index (χ4v) is 3.41. The highest BCUT2D eigenvalue weighted by Crippen LogP contribution is 2.46. The molecular formula is C20H30N2O3. The molecule has 0 spiro atoms. The molecule has 0 radical (unpaired) electrons. The van der Waals surface area contributed by atoms with Crippen LogP contribution in [0.5, 0.6) is 0 Å². The van der Waals surface area contributed by atoms with Crippen molar-refractivity contribution in [3.63, 3.8) is 0 Å². The van der Waals surface area contributed by atoms with E-state index in [1.807, 2.05) is 58.0 Å². The summed E-state index contributed by atoms with van der Waals surface area (Å²) in [5, 5.41) is 13.6. The number of hydrogen-bond donors (Lipinski definition) is 3. The van der Waals surface area contributed by atoms with Crippen LogP contribution < -0.4 is 11.1 Å².